The second-order valence-electron chi connectivity index (χ2n) is 6.25. The number of anilines is 4. The molecular formula is C14H25N7O2. The van der Waals surface area contributed by atoms with Gasteiger partial charge in [0.25, 0.3) is 0 Å². The van der Waals surface area contributed by atoms with E-state index in [1.165, 1.54) is 0 Å². The van der Waals surface area contributed by atoms with E-state index in [9.17, 15) is 5.11 Å². The summed E-state index contributed by atoms with van der Waals surface area (Å²) in [7, 11) is 1.76. The lowest BCUT2D eigenvalue weighted by Crippen LogP contribution is -2.38. The van der Waals surface area contributed by atoms with Gasteiger partial charge < -0.3 is 30.8 Å². The Bertz CT molecular complexity index is 560. The lowest BCUT2D eigenvalue weighted by molar-refractivity contribution is 0.0839. The summed E-state index contributed by atoms with van der Waals surface area (Å²) >= 11 is 0. The fourth-order valence-corrected chi connectivity index (χ4v) is 2.93. The van der Waals surface area contributed by atoms with Crippen molar-refractivity contribution < 1.29 is 9.84 Å². The molecule has 128 valence electrons. The quantitative estimate of drug-likeness (QED) is 0.540. The first-order valence-corrected chi connectivity index (χ1v) is 7.90. The number of hydrogen-bond donors (Lipinski definition) is 4. The highest BCUT2D eigenvalue weighted by molar-refractivity contribution is 5.77. The van der Waals surface area contributed by atoms with E-state index in [2.05, 4.69) is 25.7 Å². The molecule has 0 aromatic carbocycles. The Morgan fingerprint density at radius 1 is 1.22 bits per heavy atom. The Morgan fingerprint density at radius 3 is 2.57 bits per heavy atom. The third-order valence-corrected chi connectivity index (χ3v) is 4.20. The Labute approximate surface area is 135 Å². The molecule has 0 radical (unpaired) electrons. The van der Waals surface area contributed by atoms with Gasteiger partial charge in [-0.05, 0) is 13.3 Å². The normalized spacial score (nSPS) is 25.0. The number of nitrogens with one attached hydrogen (secondary N) is 2. The molecule has 2 fully saturated rings. The number of ether oxygens (including phenoxy) is 1. The summed E-state index contributed by atoms with van der Waals surface area (Å²) in [6, 6.07) is 0. The monoisotopic (exact) mass is 323 g/mol. The van der Waals surface area contributed by atoms with Crippen molar-refractivity contribution in [1.82, 2.24) is 15.4 Å². The van der Waals surface area contributed by atoms with E-state index in [0.29, 0.717) is 49.5 Å². The number of aliphatic hydroxyl groups is 1. The van der Waals surface area contributed by atoms with Gasteiger partial charge in [0.05, 0.1) is 18.8 Å². The van der Waals surface area contributed by atoms with Gasteiger partial charge in [0.1, 0.15) is 5.69 Å². The van der Waals surface area contributed by atoms with Crippen LogP contribution in [-0.2, 0) is 4.74 Å². The number of β-amino-alcohol motifs (C(OH)–C–C–N with tert-alkyl or cyclic N) is 1. The molecule has 5 N–H and O–H groups in total. The molecule has 0 saturated carbocycles. The molecule has 1 aromatic rings. The van der Waals surface area contributed by atoms with Crippen LogP contribution in [0, 0.1) is 0 Å². The topological polar surface area (TPSA) is 112 Å². The SMILES string of the molecule is CNNc1nc(N2CCOCC2)nc(N2CC[C@](C)(O)C2)c1N. The number of morpholine rings is 1. The molecule has 2 aliphatic heterocycles. The Balaban J connectivity index is 1.94. The maximum absolute atomic E-state index is 10.2. The van der Waals surface area contributed by atoms with Gasteiger partial charge in [0.2, 0.25) is 5.95 Å². The molecule has 1 atom stereocenters. The molecule has 0 unspecified atom stereocenters. The zero-order chi connectivity index (χ0) is 16.4. The van der Waals surface area contributed by atoms with Crippen LogP contribution in [0.1, 0.15) is 13.3 Å². The number of hydrazine groups is 1. The van der Waals surface area contributed by atoms with Gasteiger partial charge in [0.15, 0.2) is 11.6 Å². The summed E-state index contributed by atoms with van der Waals surface area (Å²) in [6.07, 6.45) is 0.693. The average Bonchev–Trinajstić information content (AvgIpc) is 2.90. The minimum atomic E-state index is -0.715. The van der Waals surface area contributed by atoms with Crippen molar-refractivity contribution in [3.63, 3.8) is 0 Å². The maximum atomic E-state index is 10.2. The molecule has 3 heterocycles. The van der Waals surface area contributed by atoms with Crippen molar-refractivity contribution in [3.05, 3.63) is 0 Å². The van der Waals surface area contributed by atoms with Crippen molar-refractivity contribution in [2.45, 2.75) is 18.9 Å². The summed E-state index contributed by atoms with van der Waals surface area (Å²) in [5, 5.41) is 10.2. The van der Waals surface area contributed by atoms with Gasteiger partial charge >= 0.3 is 0 Å². The summed E-state index contributed by atoms with van der Waals surface area (Å²) in [5.41, 5.74) is 11.8. The van der Waals surface area contributed by atoms with E-state index < -0.39 is 5.60 Å². The van der Waals surface area contributed by atoms with Gasteiger partial charge in [-0.3, -0.25) is 0 Å². The van der Waals surface area contributed by atoms with Crippen LogP contribution >= 0.6 is 0 Å². The molecule has 9 heteroatoms. The second kappa shape index (κ2) is 6.34. The molecule has 0 amide bonds. The summed E-state index contributed by atoms with van der Waals surface area (Å²) in [6.45, 7) is 5.89. The molecule has 0 aliphatic carbocycles. The number of rotatable bonds is 4. The Morgan fingerprint density at radius 2 is 1.96 bits per heavy atom. The van der Waals surface area contributed by atoms with E-state index >= 15 is 0 Å². The predicted molar refractivity (Wildman–Crippen MR) is 89.6 cm³/mol. The first-order valence-electron chi connectivity index (χ1n) is 7.90. The van der Waals surface area contributed by atoms with Crippen LogP contribution in [0.15, 0.2) is 0 Å². The zero-order valence-corrected chi connectivity index (χ0v) is 13.7. The smallest absolute Gasteiger partial charge is 0.229 e. The van der Waals surface area contributed by atoms with Crippen LogP contribution in [0.4, 0.5) is 23.3 Å². The Kier molecular flexibility index (Phi) is 4.42. The third kappa shape index (κ3) is 3.41. The zero-order valence-electron chi connectivity index (χ0n) is 13.7. The van der Waals surface area contributed by atoms with E-state index in [1.807, 2.05) is 11.8 Å². The summed E-state index contributed by atoms with van der Waals surface area (Å²) < 4.78 is 5.39. The van der Waals surface area contributed by atoms with E-state index in [-0.39, 0.29) is 0 Å². The van der Waals surface area contributed by atoms with Crippen molar-refractivity contribution in [2.24, 2.45) is 0 Å². The summed E-state index contributed by atoms with van der Waals surface area (Å²) in [5.74, 6) is 1.84. The fraction of sp³-hybridized carbons (Fsp3) is 0.714. The van der Waals surface area contributed by atoms with Crippen LogP contribution in [0.2, 0.25) is 0 Å². The molecule has 0 bridgehead atoms. The first-order chi connectivity index (χ1) is 11.0. The molecule has 0 spiro atoms. The van der Waals surface area contributed by atoms with Crippen molar-refractivity contribution in [2.75, 3.05) is 67.4 Å². The lowest BCUT2D eigenvalue weighted by atomic mass is 10.1. The van der Waals surface area contributed by atoms with Crippen LogP contribution in [0.3, 0.4) is 0 Å². The van der Waals surface area contributed by atoms with Crippen molar-refractivity contribution >= 4 is 23.3 Å². The van der Waals surface area contributed by atoms with Gasteiger partial charge in [-0.15, -0.1) is 0 Å². The number of nitrogen functional groups attached to an aromatic ring is 1. The third-order valence-electron chi connectivity index (χ3n) is 4.20. The Hall–Kier alpha value is -1.84. The van der Waals surface area contributed by atoms with Crippen LogP contribution < -0.4 is 26.4 Å². The number of nitrogens with two attached hydrogens (primary N) is 1. The van der Waals surface area contributed by atoms with E-state index in [0.717, 1.165) is 19.6 Å². The minimum Gasteiger partial charge on any atom is -0.393 e. The van der Waals surface area contributed by atoms with E-state index in [1.54, 1.807) is 7.05 Å². The van der Waals surface area contributed by atoms with Gasteiger partial charge in [0, 0.05) is 33.2 Å². The number of nitrogens with zero attached hydrogens (tertiary/aromatic N) is 4. The van der Waals surface area contributed by atoms with Crippen LogP contribution in [0.25, 0.3) is 0 Å². The van der Waals surface area contributed by atoms with Gasteiger partial charge in [-0.2, -0.15) is 9.97 Å². The first kappa shape index (κ1) is 16.0. The van der Waals surface area contributed by atoms with Gasteiger partial charge in [-0.25, -0.2) is 5.43 Å². The molecule has 3 rings (SSSR count). The molecule has 2 aliphatic rings. The lowest BCUT2D eigenvalue weighted by Gasteiger charge is -2.29. The van der Waals surface area contributed by atoms with E-state index in [4.69, 9.17) is 10.5 Å². The highest BCUT2D eigenvalue weighted by Gasteiger charge is 2.34. The second-order valence-corrected chi connectivity index (χ2v) is 6.25. The average molecular weight is 323 g/mol. The minimum absolute atomic E-state index is 0.481. The highest BCUT2D eigenvalue weighted by Crippen LogP contribution is 2.34. The molecule has 9 nitrogen and oxygen atoms in total. The molecular weight excluding hydrogens is 298 g/mol. The summed E-state index contributed by atoms with van der Waals surface area (Å²) in [4.78, 5) is 13.3. The number of hydrogen-bond acceptors (Lipinski definition) is 9. The molecule has 23 heavy (non-hydrogen) atoms. The van der Waals surface area contributed by atoms with Crippen molar-refractivity contribution in [3.8, 4) is 0 Å². The molecule has 2 saturated heterocycles. The maximum Gasteiger partial charge on any atom is 0.229 e. The largest absolute Gasteiger partial charge is 0.393 e. The van der Waals surface area contributed by atoms with Crippen LogP contribution in [0.5, 0.6) is 0 Å². The number of aromatic nitrogens is 2. The molecule has 1 aromatic heterocycles. The standard InChI is InChI=1S/C14H25N7O2/c1-14(22)3-4-21(9-14)12-10(15)11(19-16-2)17-13(18-12)20-5-7-23-8-6-20/h16,22H,3-9,15H2,1-2H3,(H,17,18,19)/t14-/m0/s1. The van der Waals surface area contributed by atoms with Crippen molar-refractivity contribution in [1.29, 1.82) is 0 Å². The predicted octanol–water partition coefficient (Wildman–Crippen LogP) is -0.597. The van der Waals surface area contributed by atoms with Crippen LogP contribution in [-0.4, -0.2) is 67.1 Å². The van der Waals surface area contributed by atoms with Gasteiger partial charge in [-0.1, -0.05) is 0 Å². The fourth-order valence-electron chi connectivity index (χ4n) is 2.93. The highest BCUT2D eigenvalue weighted by atomic mass is 16.5.